The zero-order valence-electron chi connectivity index (χ0n) is 14.5. The lowest BCUT2D eigenvalue weighted by atomic mass is 10.1. The van der Waals surface area contributed by atoms with E-state index in [0.29, 0.717) is 23.7 Å². The van der Waals surface area contributed by atoms with E-state index < -0.39 is 0 Å². The average molecular weight is 432 g/mol. The van der Waals surface area contributed by atoms with Gasteiger partial charge in [0, 0.05) is 10.9 Å². The summed E-state index contributed by atoms with van der Waals surface area (Å²) in [6.07, 6.45) is 0.634. The predicted molar refractivity (Wildman–Crippen MR) is 107 cm³/mol. The van der Waals surface area contributed by atoms with Crippen molar-refractivity contribution in [2.24, 2.45) is 0 Å². The van der Waals surface area contributed by atoms with Gasteiger partial charge in [-0.2, -0.15) is 0 Å². The number of aryl methyl sites for hydroxylation is 2. The van der Waals surface area contributed by atoms with E-state index in [1.54, 1.807) is 6.07 Å². The van der Waals surface area contributed by atoms with Gasteiger partial charge >= 0.3 is 0 Å². The number of halogens is 1. The maximum atomic E-state index is 12.3. The molecule has 2 aromatic carbocycles. The predicted octanol–water partition coefficient (Wildman–Crippen LogP) is 4.79. The molecule has 0 atom stereocenters. The van der Waals surface area contributed by atoms with Crippen LogP contribution in [-0.4, -0.2) is 22.7 Å². The molecule has 7 heteroatoms. The van der Waals surface area contributed by atoms with Crippen molar-refractivity contribution in [3.8, 4) is 5.75 Å². The van der Waals surface area contributed by atoms with Crippen molar-refractivity contribution in [3.63, 3.8) is 0 Å². The van der Waals surface area contributed by atoms with Crippen molar-refractivity contribution in [1.82, 2.24) is 10.2 Å². The van der Waals surface area contributed by atoms with Crippen LogP contribution in [-0.2, 0) is 6.42 Å². The van der Waals surface area contributed by atoms with Crippen LogP contribution in [0.4, 0.5) is 5.13 Å². The van der Waals surface area contributed by atoms with E-state index in [-0.39, 0.29) is 5.91 Å². The first kappa shape index (κ1) is 18.5. The van der Waals surface area contributed by atoms with Gasteiger partial charge in [-0.1, -0.05) is 29.5 Å². The van der Waals surface area contributed by atoms with Crippen molar-refractivity contribution in [3.05, 3.63) is 68.6 Å². The molecular formula is C19H18BrN3O2S. The van der Waals surface area contributed by atoms with Crippen LogP contribution in [0.5, 0.6) is 5.75 Å². The third-order valence-corrected chi connectivity index (χ3v) is 5.18. The molecule has 1 N–H and O–H groups in total. The summed E-state index contributed by atoms with van der Waals surface area (Å²) in [5.41, 5.74) is 2.91. The van der Waals surface area contributed by atoms with Gasteiger partial charge in [0.25, 0.3) is 5.91 Å². The Morgan fingerprint density at radius 3 is 2.62 bits per heavy atom. The molecule has 134 valence electrons. The Kier molecular flexibility index (Phi) is 6.00. The smallest absolute Gasteiger partial charge is 0.258 e. The summed E-state index contributed by atoms with van der Waals surface area (Å²) in [7, 11) is 0. The minimum Gasteiger partial charge on any atom is -0.493 e. The monoisotopic (exact) mass is 431 g/mol. The number of carbonyl (C=O) groups is 1. The van der Waals surface area contributed by atoms with E-state index in [1.807, 2.05) is 44.2 Å². The van der Waals surface area contributed by atoms with Crippen molar-refractivity contribution in [2.45, 2.75) is 20.3 Å². The van der Waals surface area contributed by atoms with Gasteiger partial charge in [-0.25, -0.2) is 0 Å². The van der Waals surface area contributed by atoms with E-state index in [9.17, 15) is 4.79 Å². The first-order chi connectivity index (χ1) is 12.5. The van der Waals surface area contributed by atoms with Crippen LogP contribution in [0, 0.1) is 13.8 Å². The summed E-state index contributed by atoms with van der Waals surface area (Å²) in [5.74, 6) is 0.640. The molecule has 26 heavy (non-hydrogen) atoms. The third-order valence-electron chi connectivity index (χ3n) is 3.59. The third kappa shape index (κ3) is 4.89. The highest BCUT2D eigenvalue weighted by atomic mass is 79.9. The van der Waals surface area contributed by atoms with Gasteiger partial charge in [-0.05, 0) is 65.2 Å². The number of amides is 1. The van der Waals surface area contributed by atoms with Crippen LogP contribution in [0.1, 0.15) is 26.5 Å². The van der Waals surface area contributed by atoms with Crippen LogP contribution in [0.2, 0.25) is 0 Å². The van der Waals surface area contributed by atoms with Crippen LogP contribution < -0.4 is 10.1 Å². The second-order valence-corrected chi connectivity index (χ2v) is 7.77. The fourth-order valence-corrected chi connectivity index (χ4v) is 3.67. The summed E-state index contributed by atoms with van der Waals surface area (Å²) >= 11 is 4.73. The van der Waals surface area contributed by atoms with Crippen LogP contribution in [0.3, 0.4) is 0 Å². The maximum absolute atomic E-state index is 12.3. The molecule has 0 spiro atoms. The first-order valence-electron chi connectivity index (χ1n) is 8.10. The second kappa shape index (κ2) is 8.42. The lowest BCUT2D eigenvalue weighted by Crippen LogP contribution is -2.12. The summed E-state index contributed by atoms with van der Waals surface area (Å²) in [6.45, 7) is 4.60. The standard InChI is InChI=1S/C19H18BrN3O2S/c1-12-9-13(2)11-14(10-12)25-8-7-17-22-23-19(26-17)21-18(24)15-5-3-4-6-16(15)20/h3-6,9-11H,7-8H2,1-2H3,(H,21,23,24). The number of rotatable bonds is 6. The molecular weight excluding hydrogens is 414 g/mol. The highest BCUT2D eigenvalue weighted by molar-refractivity contribution is 9.10. The van der Waals surface area contributed by atoms with E-state index >= 15 is 0 Å². The van der Waals surface area contributed by atoms with Crippen LogP contribution in [0.25, 0.3) is 0 Å². The minimum absolute atomic E-state index is 0.216. The normalized spacial score (nSPS) is 10.6. The largest absolute Gasteiger partial charge is 0.493 e. The van der Waals surface area contributed by atoms with E-state index in [4.69, 9.17) is 4.74 Å². The number of benzene rings is 2. The van der Waals surface area contributed by atoms with Gasteiger partial charge in [0.1, 0.15) is 10.8 Å². The Morgan fingerprint density at radius 2 is 1.88 bits per heavy atom. The fourth-order valence-electron chi connectivity index (χ4n) is 2.49. The number of nitrogens with one attached hydrogen (secondary N) is 1. The summed E-state index contributed by atoms with van der Waals surface area (Å²) in [5, 5.41) is 12.2. The number of carbonyl (C=O) groups excluding carboxylic acids is 1. The summed E-state index contributed by atoms with van der Waals surface area (Å²) < 4.78 is 6.53. The number of aromatic nitrogens is 2. The number of hydrogen-bond donors (Lipinski definition) is 1. The Balaban J connectivity index is 1.55. The molecule has 1 aromatic heterocycles. The van der Waals surface area contributed by atoms with E-state index in [1.165, 1.54) is 22.5 Å². The van der Waals surface area contributed by atoms with Gasteiger partial charge < -0.3 is 4.74 Å². The molecule has 3 rings (SSSR count). The minimum atomic E-state index is -0.216. The number of nitrogens with zero attached hydrogens (tertiary/aromatic N) is 2. The Bertz CT molecular complexity index is 906. The molecule has 0 unspecified atom stereocenters. The average Bonchev–Trinajstić information content (AvgIpc) is 3.01. The molecule has 0 bridgehead atoms. The molecule has 0 fully saturated rings. The molecule has 3 aromatic rings. The number of anilines is 1. The highest BCUT2D eigenvalue weighted by Gasteiger charge is 2.12. The van der Waals surface area contributed by atoms with Gasteiger partial charge in [0.2, 0.25) is 5.13 Å². The van der Waals surface area contributed by atoms with Crippen LogP contribution >= 0.6 is 27.3 Å². The van der Waals surface area contributed by atoms with Gasteiger partial charge in [-0.15, -0.1) is 10.2 Å². The van der Waals surface area contributed by atoms with Crippen molar-refractivity contribution >= 4 is 38.3 Å². The van der Waals surface area contributed by atoms with Crippen molar-refractivity contribution < 1.29 is 9.53 Å². The molecule has 0 aliphatic carbocycles. The van der Waals surface area contributed by atoms with Gasteiger partial charge in [-0.3, -0.25) is 10.1 Å². The number of ether oxygens (including phenoxy) is 1. The van der Waals surface area contributed by atoms with E-state index in [0.717, 1.165) is 15.2 Å². The lowest BCUT2D eigenvalue weighted by Gasteiger charge is -2.07. The molecule has 0 saturated heterocycles. The lowest BCUT2D eigenvalue weighted by molar-refractivity contribution is 0.102. The molecule has 0 aliphatic heterocycles. The van der Waals surface area contributed by atoms with Crippen LogP contribution in [0.15, 0.2) is 46.9 Å². The molecule has 0 radical (unpaired) electrons. The quantitative estimate of drug-likeness (QED) is 0.608. The second-order valence-electron chi connectivity index (χ2n) is 5.86. The Morgan fingerprint density at radius 1 is 1.15 bits per heavy atom. The van der Waals surface area contributed by atoms with Crippen molar-refractivity contribution in [1.29, 1.82) is 0 Å². The molecule has 5 nitrogen and oxygen atoms in total. The molecule has 0 aliphatic rings. The topological polar surface area (TPSA) is 64.1 Å². The SMILES string of the molecule is Cc1cc(C)cc(OCCc2nnc(NC(=O)c3ccccc3Br)s2)c1. The molecule has 1 heterocycles. The maximum Gasteiger partial charge on any atom is 0.258 e. The summed E-state index contributed by atoms with van der Waals surface area (Å²) in [6, 6.07) is 13.4. The highest BCUT2D eigenvalue weighted by Crippen LogP contribution is 2.21. The zero-order chi connectivity index (χ0) is 18.5. The van der Waals surface area contributed by atoms with E-state index in [2.05, 4.69) is 37.5 Å². The Hall–Kier alpha value is -2.25. The molecule has 1 amide bonds. The summed E-state index contributed by atoms with van der Waals surface area (Å²) in [4.78, 5) is 12.3. The van der Waals surface area contributed by atoms with Crippen molar-refractivity contribution in [2.75, 3.05) is 11.9 Å². The first-order valence-corrected chi connectivity index (χ1v) is 9.71. The number of hydrogen-bond acceptors (Lipinski definition) is 5. The Labute approximate surface area is 164 Å². The van der Waals surface area contributed by atoms with Gasteiger partial charge in [0.15, 0.2) is 0 Å². The fraction of sp³-hybridized carbons (Fsp3) is 0.211. The van der Waals surface area contributed by atoms with Gasteiger partial charge in [0.05, 0.1) is 12.2 Å². The molecule has 0 saturated carbocycles. The zero-order valence-corrected chi connectivity index (χ0v) is 16.9.